The maximum atomic E-state index is 12.1. The number of para-hydroxylation sites is 1. The zero-order valence-corrected chi connectivity index (χ0v) is 14.0. The molecule has 0 fully saturated rings. The molecule has 0 radical (unpaired) electrons. The summed E-state index contributed by atoms with van der Waals surface area (Å²) in [5, 5.41) is 5.54. The first-order valence-corrected chi connectivity index (χ1v) is 7.94. The lowest BCUT2D eigenvalue weighted by molar-refractivity contribution is -0.116. The van der Waals surface area contributed by atoms with Crippen LogP contribution < -0.4 is 15.4 Å². The highest BCUT2D eigenvalue weighted by Gasteiger charge is 2.11. The largest absolute Gasteiger partial charge is 0.496 e. The Hall–Kier alpha value is -2.82. The average molecular weight is 326 g/mol. The van der Waals surface area contributed by atoms with Crippen molar-refractivity contribution in [2.75, 3.05) is 19.0 Å². The molecule has 2 amide bonds. The van der Waals surface area contributed by atoms with Gasteiger partial charge in [0.1, 0.15) is 5.75 Å². The monoisotopic (exact) mass is 326 g/mol. The highest BCUT2D eigenvalue weighted by Crippen LogP contribution is 2.16. The molecule has 0 spiro atoms. The number of anilines is 1. The van der Waals surface area contributed by atoms with Gasteiger partial charge in [-0.15, -0.1) is 0 Å². The van der Waals surface area contributed by atoms with Gasteiger partial charge in [-0.05, 0) is 36.2 Å². The Balaban J connectivity index is 1.80. The fourth-order valence-electron chi connectivity index (χ4n) is 2.26. The molecule has 0 atom stereocenters. The molecular weight excluding hydrogens is 304 g/mol. The third kappa shape index (κ3) is 4.84. The van der Waals surface area contributed by atoms with Crippen molar-refractivity contribution in [3.63, 3.8) is 0 Å². The van der Waals surface area contributed by atoms with E-state index in [4.69, 9.17) is 4.74 Å². The second-order valence-electron chi connectivity index (χ2n) is 5.30. The molecule has 0 aromatic heterocycles. The molecule has 5 heteroatoms. The molecule has 0 bridgehead atoms. The summed E-state index contributed by atoms with van der Waals surface area (Å²) in [5.41, 5.74) is 2.43. The Morgan fingerprint density at radius 3 is 2.42 bits per heavy atom. The third-order valence-electron chi connectivity index (χ3n) is 3.64. The summed E-state index contributed by atoms with van der Waals surface area (Å²) < 4.78 is 5.15. The number of methoxy groups -OCH3 is 1. The zero-order chi connectivity index (χ0) is 17.4. The first-order chi connectivity index (χ1) is 11.6. The number of benzene rings is 2. The van der Waals surface area contributed by atoms with Crippen molar-refractivity contribution < 1.29 is 14.3 Å². The summed E-state index contributed by atoms with van der Waals surface area (Å²) in [6.45, 7) is 2.34. The van der Waals surface area contributed by atoms with Gasteiger partial charge in [0, 0.05) is 18.7 Å². The molecule has 0 saturated carbocycles. The van der Waals surface area contributed by atoms with Crippen LogP contribution in [0.15, 0.2) is 48.5 Å². The molecule has 0 aliphatic heterocycles. The van der Waals surface area contributed by atoms with Crippen molar-refractivity contribution >= 4 is 17.5 Å². The van der Waals surface area contributed by atoms with Crippen molar-refractivity contribution in [3.05, 3.63) is 59.7 Å². The minimum absolute atomic E-state index is 0.139. The summed E-state index contributed by atoms with van der Waals surface area (Å²) in [4.78, 5) is 24.0. The number of aryl methyl sites for hydroxylation is 1. The Bertz CT molecular complexity index is 696. The molecule has 2 aromatic rings. The van der Waals surface area contributed by atoms with E-state index < -0.39 is 0 Å². The number of amides is 2. The van der Waals surface area contributed by atoms with Gasteiger partial charge >= 0.3 is 0 Å². The normalized spacial score (nSPS) is 10.1. The van der Waals surface area contributed by atoms with Crippen LogP contribution in [0.1, 0.15) is 29.3 Å². The van der Waals surface area contributed by atoms with Crippen LogP contribution in [0, 0.1) is 0 Å². The van der Waals surface area contributed by atoms with Gasteiger partial charge < -0.3 is 15.4 Å². The predicted molar refractivity (Wildman–Crippen MR) is 94.4 cm³/mol. The van der Waals surface area contributed by atoms with Gasteiger partial charge in [-0.3, -0.25) is 9.59 Å². The van der Waals surface area contributed by atoms with Crippen molar-refractivity contribution in [1.29, 1.82) is 0 Å². The van der Waals surface area contributed by atoms with E-state index in [1.54, 1.807) is 24.3 Å². The standard InChI is InChI=1S/C19H22N2O3/c1-3-14-8-10-15(11-9-14)21-18(22)12-13-20-19(23)16-6-4-5-7-17(16)24-2/h4-11H,3,12-13H2,1-2H3,(H,20,23)(H,21,22). The van der Waals surface area contributed by atoms with E-state index in [1.165, 1.54) is 12.7 Å². The van der Waals surface area contributed by atoms with Gasteiger partial charge in [-0.1, -0.05) is 31.2 Å². The number of ether oxygens (including phenoxy) is 1. The van der Waals surface area contributed by atoms with E-state index in [0.717, 1.165) is 12.1 Å². The molecule has 0 unspecified atom stereocenters. The van der Waals surface area contributed by atoms with E-state index in [9.17, 15) is 9.59 Å². The Labute approximate surface area is 142 Å². The minimum Gasteiger partial charge on any atom is -0.496 e. The van der Waals surface area contributed by atoms with E-state index in [-0.39, 0.29) is 24.8 Å². The highest BCUT2D eigenvalue weighted by molar-refractivity contribution is 5.97. The van der Waals surface area contributed by atoms with Crippen LogP contribution in [0.5, 0.6) is 5.75 Å². The number of carbonyl (C=O) groups excluding carboxylic acids is 2. The Morgan fingerprint density at radius 2 is 1.75 bits per heavy atom. The smallest absolute Gasteiger partial charge is 0.255 e. The van der Waals surface area contributed by atoms with E-state index >= 15 is 0 Å². The maximum absolute atomic E-state index is 12.1. The van der Waals surface area contributed by atoms with Gasteiger partial charge in [0.15, 0.2) is 0 Å². The summed E-state index contributed by atoms with van der Waals surface area (Å²) in [6, 6.07) is 14.7. The van der Waals surface area contributed by atoms with Crippen molar-refractivity contribution in [1.82, 2.24) is 5.32 Å². The molecule has 2 N–H and O–H groups in total. The van der Waals surface area contributed by atoms with Gasteiger partial charge in [-0.25, -0.2) is 0 Å². The SMILES string of the molecule is CCc1ccc(NC(=O)CCNC(=O)c2ccccc2OC)cc1. The number of hydrogen-bond donors (Lipinski definition) is 2. The van der Waals surface area contributed by atoms with E-state index in [0.29, 0.717) is 11.3 Å². The van der Waals surface area contributed by atoms with E-state index in [1.807, 2.05) is 24.3 Å². The van der Waals surface area contributed by atoms with Gasteiger partial charge in [0.25, 0.3) is 5.91 Å². The molecule has 0 aliphatic carbocycles. The van der Waals surface area contributed by atoms with Crippen LogP contribution in [0.4, 0.5) is 5.69 Å². The summed E-state index contributed by atoms with van der Waals surface area (Å²) in [7, 11) is 1.52. The van der Waals surface area contributed by atoms with Crippen LogP contribution >= 0.6 is 0 Å². The molecule has 2 rings (SSSR count). The molecule has 0 saturated heterocycles. The lowest BCUT2D eigenvalue weighted by Gasteiger charge is -2.09. The summed E-state index contributed by atoms with van der Waals surface area (Å²) in [5.74, 6) is 0.114. The first-order valence-electron chi connectivity index (χ1n) is 7.94. The zero-order valence-electron chi connectivity index (χ0n) is 14.0. The second-order valence-corrected chi connectivity index (χ2v) is 5.30. The Kier molecular flexibility index (Phi) is 6.37. The number of carbonyl (C=O) groups is 2. The van der Waals surface area contributed by atoms with Crippen LogP contribution in [-0.4, -0.2) is 25.5 Å². The van der Waals surface area contributed by atoms with Crippen LogP contribution in [-0.2, 0) is 11.2 Å². The molecule has 2 aromatic carbocycles. The van der Waals surface area contributed by atoms with Crippen molar-refractivity contribution in [3.8, 4) is 5.75 Å². The van der Waals surface area contributed by atoms with Crippen molar-refractivity contribution in [2.45, 2.75) is 19.8 Å². The van der Waals surface area contributed by atoms with Crippen LogP contribution in [0.25, 0.3) is 0 Å². The predicted octanol–water partition coefficient (Wildman–Crippen LogP) is 3.02. The van der Waals surface area contributed by atoms with Crippen LogP contribution in [0.3, 0.4) is 0 Å². The lowest BCUT2D eigenvalue weighted by atomic mass is 10.1. The van der Waals surface area contributed by atoms with Crippen molar-refractivity contribution in [2.24, 2.45) is 0 Å². The molecule has 24 heavy (non-hydrogen) atoms. The molecule has 0 aliphatic rings. The molecule has 126 valence electrons. The minimum atomic E-state index is -0.257. The summed E-state index contributed by atoms with van der Waals surface area (Å²) >= 11 is 0. The highest BCUT2D eigenvalue weighted by atomic mass is 16.5. The number of rotatable bonds is 7. The lowest BCUT2D eigenvalue weighted by Crippen LogP contribution is -2.28. The second kappa shape index (κ2) is 8.72. The van der Waals surface area contributed by atoms with E-state index in [2.05, 4.69) is 17.6 Å². The molecule has 5 nitrogen and oxygen atoms in total. The fourth-order valence-corrected chi connectivity index (χ4v) is 2.26. The molecule has 0 heterocycles. The average Bonchev–Trinajstić information content (AvgIpc) is 2.62. The maximum Gasteiger partial charge on any atom is 0.255 e. The van der Waals surface area contributed by atoms with Gasteiger partial charge in [0.2, 0.25) is 5.91 Å². The van der Waals surface area contributed by atoms with Gasteiger partial charge in [-0.2, -0.15) is 0 Å². The topological polar surface area (TPSA) is 67.4 Å². The fraction of sp³-hybridized carbons (Fsp3) is 0.263. The number of nitrogens with one attached hydrogen (secondary N) is 2. The quantitative estimate of drug-likeness (QED) is 0.822. The summed E-state index contributed by atoms with van der Waals surface area (Å²) in [6.07, 6.45) is 1.17. The number of hydrogen-bond acceptors (Lipinski definition) is 3. The first kappa shape index (κ1) is 17.5. The van der Waals surface area contributed by atoms with Crippen LogP contribution in [0.2, 0.25) is 0 Å². The molecular formula is C19H22N2O3. The van der Waals surface area contributed by atoms with Gasteiger partial charge in [0.05, 0.1) is 12.7 Å². The third-order valence-corrected chi connectivity index (χ3v) is 3.64. The Morgan fingerprint density at radius 1 is 1.04 bits per heavy atom.